The van der Waals surface area contributed by atoms with Gasteiger partial charge >= 0.3 is 0 Å². The highest BCUT2D eigenvalue weighted by atomic mass is 16.5. The average Bonchev–Trinajstić information content (AvgIpc) is 2.87. The van der Waals surface area contributed by atoms with Crippen molar-refractivity contribution in [2.24, 2.45) is 0 Å². The summed E-state index contributed by atoms with van der Waals surface area (Å²) in [6.45, 7) is 0.717. The van der Waals surface area contributed by atoms with Gasteiger partial charge in [0.15, 0.2) is 0 Å². The molecule has 1 saturated carbocycles. The molecule has 0 unspecified atom stereocenters. The van der Waals surface area contributed by atoms with E-state index in [0.717, 1.165) is 36.1 Å². The SMILES string of the molecule is COc1ccccc1-c1ccc(C2(CNC(=O)CCc3ccccc3)CCCCC2)cc1. The molecule has 1 N–H and O–H groups in total. The first kappa shape index (κ1) is 22.1. The van der Waals surface area contributed by atoms with Crippen molar-refractivity contribution in [2.75, 3.05) is 13.7 Å². The molecule has 0 spiro atoms. The van der Waals surface area contributed by atoms with Crippen molar-refractivity contribution in [2.45, 2.75) is 50.4 Å². The van der Waals surface area contributed by atoms with E-state index in [4.69, 9.17) is 4.74 Å². The maximum atomic E-state index is 12.6. The second kappa shape index (κ2) is 10.5. The van der Waals surface area contributed by atoms with Crippen molar-refractivity contribution in [3.05, 3.63) is 90.0 Å². The molecule has 4 rings (SSSR count). The van der Waals surface area contributed by atoms with Crippen LogP contribution in [-0.2, 0) is 16.6 Å². The molecule has 3 nitrogen and oxygen atoms in total. The minimum absolute atomic E-state index is 0.0277. The number of rotatable bonds is 8. The summed E-state index contributed by atoms with van der Waals surface area (Å²) in [6, 6.07) is 27.3. The van der Waals surface area contributed by atoms with E-state index in [1.54, 1.807) is 7.11 Å². The topological polar surface area (TPSA) is 38.3 Å². The fourth-order valence-electron chi connectivity index (χ4n) is 4.94. The van der Waals surface area contributed by atoms with Gasteiger partial charge in [-0.1, -0.05) is 92.1 Å². The van der Waals surface area contributed by atoms with Gasteiger partial charge in [0.2, 0.25) is 5.91 Å². The van der Waals surface area contributed by atoms with Gasteiger partial charge < -0.3 is 10.1 Å². The monoisotopic (exact) mass is 427 g/mol. The third-order valence-corrected chi connectivity index (χ3v) is 6.83. The molecule has 1 aliphatic carbocycles. The van der Waals surface area contributed by atoms with Crippen molar-refractivity contribution in [1.82, 2.24) is 5.32 Å². The maximum Gasteiger partial charge on any atom is 0.220 e. The predicted octanol–water partition coefficient (Wildman–Crippen LogP) is 6.31. The molecule has 0 atom stereocenters. The van der Waals surface area contributed by atoms with Crippen LogP contribution in [0.15, 0.2) is 78.9 Å². The quantitative estimate of drug-likeness (QED) is 0.457. The fraction of sp³-hybridized carbons (Fsp3) is 0.345. The molecule has 1 aliphatic rings. The number of nitrogens with one attached hydrogen (secondary N) is 1. The van der Waals surface area contributed by atoms with Gasteiger partial charge in [-0.2, -0.15) is 0 Å². The highest BCUT2D eigenvalue weighted by molar-refractivity contribution is 5.76. The molecular weight excluding hydrogens is 394 g/mol. The second-order valence-corrected chi connectivity index (χ2v) is 8.88. The lowest BCUT2D eigenvalue weighted by molar-refractivity contribution is -0.121. The van der Waals surface area contributed by atoms with E-state index in [-0.39, 0.29) is 11.3 Å². The van der Waals surface area contributed by atoms with Crippen LogP contribution in [0.2, 0.25) is 0 Å². The molecule has 0 heterocycles. The molecule has 1 amide bonds. The number of ether oxygens (including phenoxy) is 1. The van der Waals surface area contributed by atoms with Crippen LogP contribution < -0.4 is 10.1 Å². The van der Waals surface area contributed by atoms with Crippen molar-refractivity contribution < 1.29 is 9.53 Å². The van der Waals surface area contributed by atoms with Gasteiger partial charge in [0, 0.05) is 23.9 Å². The van der Waals surface area contributed by atoms with Gasteiger partial charge in [-0.15, -0.1) is 0 Å². The molecule has 3 aromatic rings. The van der Waals surface area contributed by atoms with Crippen LogP contribution in [0.4, 0.5) is 0 Å². The van der Waals surface area contributed by atoms with Crippen molar-refractivity contribution in [3.63, 3.8) is 0 Å². The van der Waals surface area contributed by atoms with E-state index in [0.29, 0.717) is 13.0 Å². The van der Waals surface area contributed by atoms with Crippen LogP contribution in [0.5, 0.6) is 5.75 Å². The van der Waals surface area contributed by atoms with E-state index in [1.165, 1.54) is 30.4 Å². The zero-order chi connectivity index (χ0) is 22.2. The molecule has 32 heavy (non-hydrogen) atoms. The van der Waals surface area contributed by atoms with Gasteiger partial charge in [0.25, 0.3) is 0 Å². The lowest BCUT2D eigenvalue weighted by atomic mass is 9.69. The predicted molar refractivity (Wildman–Crippen MR) is 131 cm³/mol. The number of aryl methyl sites for hydroxylation is 1. The molecular formula is C29H33NO2. The summed E-state index contributed by atoms with van der Waals surface area (Å²) in [5.41, 5.74) is 4.83. The van der Waals surface area contributed by atoms with E-state index in [2.05, 4.69) is 47.8 Å². The summed E-state index contributed by atoms with van der Waals surface area (Å²) < 4.78 is 5.54. The first-order valence-electron chi connectivity index (χ1n) is 11.7. The third kappa shape index (κ3) is 5.21. The second-order valence-electron chi connectivity index (χ2n) is 8.88. The lowest BCUT2D eigenvalue weighted by Gasteiger charge is -2.38. The zero-order valence-electron chi connectivity index (χ0n) is 19.0. The minimum Gasteiger partial charge on any atom is -0.496 e. The first-order valence-corrected chi connectivity index (χ1v) is 11.7. The molecule has 166 valence electrons. The normalized spacial score (nSPS) is 15.2. The first-order chi connectivity index (χ1) is 15.7. The molecule has 0 aliphatic heterocycles. The van der Waals surface area contributed by atoms with E-state index in [9.17, 15) is 4.79 Å². The number of carbonyl (C=O) groups excluding carboxylic acids is 1. The van der Waals surface area contributed by atoms with Crippen LogP contribution in [0.3, 0.4) is 0 Å². The largest absolute Gasteiger partial charge is 0.496 e. The van der Waals surface area contributed by atoms with Crippen molar-refractivity contribution in [3.8, 4) is 16.9 Å². The van der Waals surface area contributed by atoms with E-state index in [1.807, 2.05) is 36.4 Å². The van der Waals surface area contributed by atoms with Crippen LogP contribution in [0.1, 0.15) is 49.7 Å². The summed E-state index contributed by atoms with van der Waals surface area (Å²) >= 11 is 0. The standard InChI is InChI=1S/C29H33NO2/c1-32-27-13-7-6-12-26(27)24-15-17-25(18-16-24)29(20-8-3-9-21-29)22-30-28(31)19-14-23-10-4-2-5-11-23/h2,4-7,10-13,15-18H,3,8-9,14,19-22H2,1H3,(H,30,31). The van der Waals surface area contributed by atoms with E-state index < -0.39 is 0 Å². The Bertz CT molecular complexity index is 1000. The summed E-state index contributed by atoms with van der Waals surface area (Å²) in [4.78, 5) is 12.6. The number of hydrogen-bond acceptors (Lipinski definition) is 2. The number of para-hydroxylation sites is 1. The molecule has 0 aromatic heterocycles. The third-order valence-electron chi connectivity index (χ3n) is 6.83. The Morgan fingerprint density at radius 1 is 0.875 bits per heavy atom. The van der Waals surface area contributed by atoms with Gasteiger partial charge in [-0.3, -0.25) is 4.79 Å². The summed E-state index contributed by atoms with van der Waals surface area (Å²) in [5.74, 6) is 1.03. The summed E-state index contributed by atoms with van der Waals surface area (Å²) in [6.07, 6.45) is 7.28. The van der Waals surface area contributed by atoms with Crippen molar-refractivity contribution >= 4 is 5.91 Å². The zero-order valence-corrected chi connectivity index (χ0v) is 19.0. The van der Waals surface area contributed by atoms with Crippen LogP contribution in [0, 0.1) is 0 Å². The van der Waals surface area contributed by atoms with Crippen LogP contribution >= 0.6 is 0 Å². The van der Waals surface area contributed by atoms with Crippen LogP contribution in [0.25, 0.3) is 11.1 Å². The van der Waals surface area contributed by atoms with Gasteiger partial charge in [0.05, 0.1) is 7.11 Å². The number of methoxy groups -OCH3 is 1. The number of amides is 1. The molecule has 0 bridgehead atoms. The Hall–Kier alpha value is -3.07. The van der Waals surface area contributed by atoms with Gasteiger partial charge in [-0.25, -0.2) is 0 Å². The molecule has 0 saturated heterocycles. The molecule has 1 fully saturated rings. The minimum atomic E-state index is 0.0277. The Morgan fingerprint density at radius 2 is 1.56 bits per heavy atom. The Kier molecular flexibility index (Phi) is 7.26. The Balaban J connectivity index is 1.46. The van der Waals surface area contributed by atoms with Crippen molar-refractivity contribution in [1.29, 1.82) is 0 Å². The average molecular weight is 428 g/mol. The molecule has 0 radical (unpaired) electrons. The molecule has 3 heteroatoms. The fourth-order valence-corrected chi connectivity index (χ4v) is 4.94. The smallest absolute Gasteiger partial charge is 0.220 e. The number of carbonyl (C=O) groups is 1. The van der Waals surface area contributed by atoms with Gasteiger partial charge in [0.1, 0.15) is 5.75 Å². The Labute approximate surface area is 191 Å². The highest BCUT2D eigenvalue weighted by Gasteiger charge is 2.34. The molecule has 3 aromatic carbocycles. The lowest BCUT2D eigenvalue weighted by Crippen LogP contribution is -2.42. The summed E-state index contributed by atoms with van der Waals surface area (Å²) in [5, 5.41) is 3.27. The van der Waals surface area contributed by atoms with Gasteiger partial charge in [-0.05, 0) is 42.0 Å². The van der Waals surface area contributed by atoms with E-state index >= 15 is 0 Å². The summed E-state index contributed by atoms with van der Waals surface area (Å²) in [7, 11) is 1.71. The van der Waals surface area contributed by atoms with Crippen LogP contribution in [-0.4, -0.2) is 19.6 Å². The highest BCUT2D eigenvalue weighted by Crippen LogP contribution is 2.40. The number of benzene rings is 3. The number of hydrogen-bond donors (Lipinski definition) is 1. The maximum absolute atomic E-state index is 12.6. The Morgan fingerprint density at radius 3 is 2.28 bits per heavy atom.